The summed E-state index contributed by atoms with van der Waals surface area (Å²) in [4.78, 5) is 27.7. The van der Waals surface area contributed by atoms with E-state index in [0.29, 0.717) is 6.42 Å². The highest BCUT2D eigenvalue weighted by molar-refractivity contribution is 9.10. The van der Waals surface area contributed by atoms with Gasteiger partial charge in [0.2, 0.25) is 10.0 Å². The number of aromatic amines is 1. The molecule has 1 aromatic heterocycles. The van der Waals surface area contributed by atoms with E-state index in [2.05, 4.69) is 31.5 Å². The summed E-state index contributed by atoms with van der Waals surface area (Å²) in [6, 6.07) is 14.1. The van der Waals surface area contributed by atoms with Gasteiger partial charge in [0.15, 0.2) is 0 Å². The number of carbonyl (C=O) groups excluding carboxylic acids is 2. The van der Waals surface area contributed by atoms with Crippen LogP contribution in [0.25, 0.3) is 10.9 Å². The molecular formula is C22H23BrN4O5S. The van der Waals surface area contributed by atoms with E-state index in [1.807, 2.05) is 30.5 Å². The second-order valence-corrected chi connectivity index (χ2v) is 10.3. The number of para-hydroxylation sites is 1. The lowest BCUT2D eigenvalue weighted by molar-refractivity contribution is -0.139. The highest BCUT2D eigenvalue weighted by Gasteiger charge is 2.36. The Morgan fingerprint density at radius 3 is 2.61 bits per heavy atom. The number of H-pyrrole nitrogens is 1. The Bertz CT molecular complexity index is 1260. The fourth-order valence-corrected chi connectivity index (χ4v) is 5.45. The fraction of sp³-hybridized carbons (Fsp3) is 0.273. The number of aromatic nitrogens is 1. The van der Waals surface area contributed by atoms with Gasteiger partial charge in [0.1, 0.15) is 6.23 Å². The summed E-state index contributed by atoms with van der Waals surface area (Å²) in [5.74, 6) is -1.62. The molecule has 174 valence electrons. The zero-order valence-corrected chi connectivity index (χ0v) is 20.0. The third kappa shape index (κ3) is 5.27. The molecule has 1 fully saturated rings. The number of benzene rings is 2. The number of halogens is 1. The first-order chi connectivity index (χ1) is 15.9. The number of amides is 2. The Kier molecular flexibility index (Phi) is 7.13. The number of ether oxygens (including phenoxy) is 1. The van der Waals surface area contributed by atoms with Crippen molar-refractivity contribution in [1.29, 1.82) is 0 Å². The third-order valence-corrected chi connectivity index (χ3v) is 7.79. The predicted octanol–water partition coefficient (Wildman–Crippen LogP) is 1.75. The molecule has 0 aliphatic carbocycles. The summed E-state index contributed by atoms with van der Waals surface area (Å²) in [5.41, 5.74) is 2.05. The molecule has 2 aromatic carbocycles. The van der Waals surface area contributed by atoms with Crippen LogP contribution in [0.5, 0.6) is 0 Å². The van der Waals surface area contributed by atoms with E-state index < -0.39 is 28.1 Å². The van der Waals surface area contributed by atoms with Gasteiger partial charge >= 0.3 is 11.8 Å². The highest BCUT2D eigenvalue weighted by atomic mass is 79.9. The Morgan fingerprint density at radius 1 is 1.09 bits per heavy atom. The van der Waals surface area contributed by atoms with Crippen LogP contribution in [-0.2, 0) is 30.8 Å². The Labute approximate surface area is 199 Å². The molecule has 0 saturated carbocycles. The molecule has 2 amide bonds. The molecule has 3 aromatic rings. The van der Waals surface area contributed by atoms with E-state index in [4.69, 9.17) is 4.74 Å². The maximum Gasteiger partial charge on any atom is 0.309 e. The molecule has 0 unspecified atom stereocenters. The third-order valence-electron chi connectivity index (χ3n) is 5.36. The first-order valence-electron chi connectivity index (χ1n) is 10.4. The number of nitrogens with one attached hydrogen (secondary N) is 3. The number of hydrogen-bond donors (Lipinski definition) is 3. The molecule has 9 nitrogen and oxygen atoms in total. The summed E-state index contributed by atoms with van der Waals surface area (Å²) in [6.07, 6.45) is 1.56. The quantitative estimate of drug-likeness (QED) is 0.399. The minimum Gasteiger partial charge on any atom is -0.361 e. The van der Waals surface area contributed by atoms with Gasteiger partial charge in [0.05, 0.1) is 18.0 Å². The lowest BCUT2D eigenvalue weighted by atomic mass is 10.1. The average molecular weight is 535 g/mol. The second-order valence-electron chi connectivity index (χ2n) is 7.47. The number of fused-ring (bicyclic) bond motifs is 1. The molecule has 33 heavy (non-hydrogen) atoms. The van der Waals surface area contributed by atoms with E-state index >= 15 is 0 Å². The summed E-state index contributed by atoms with van der Waals surface area (Å²) in [7, 11) is -3.80. The van der Waals surface area contributed by atoms with Gasteiger partial charge in [0, 0.05) is 34.7 Å². The molecule has 3 N–H and O–H groups in total. The number of sulfonamides is 1. The summed E-state index contributed by atoms with van der Waals surface area (Å²) in [5, 5.41) is 6.13. The van der Waals surface area contributed by atoms with E-state index in [9.17, 15) is 18.0 Å². The van der Waals surface area contributed by atoms with E-state index in [-0.39, 0.29) is 31.1 Å². The molecule has 1 aliphatic rings. The van der Waals surface area contributed by atoms with Crippen molar-refractivity contribution in [1.82, 2.24) is 19.9 Å². The Balaban J connectivity index is 1.28. The number of hydrogen-bond acceptors (Lipinski definition) is 5. The first-order valence-corrected chi connectivity index (χ1v) is 12.6. The van der Waals surface area contributed by atoms with Crippen molar-refractivity contribution in [2.24, 2.45) is 0 Å². The first kappa shape index (κ1) is 23.4. The molecule has 4 rings (SSSR count). The van der Waals surface area contributed by atoms with Crippen molar-refractivity contribution in [2.45, 2.75) is 17.5 Å². The smallest absolute Gasteiger partial charge is 0.309 e. The number of rotatable bonds is 7. The fourth-order valence-electron chi connectivity index (χ4n) is 3.67. The van der Waals surface area contributed by atoms with Crippen molar-refractivity contribution < 1.29 is 22.7 Å². The predicted molar refractivity (Wildman–Crippen MR) is 126 cm³/mol. The summed E-state index contributed by atoms with van der Waals surface area (Å²) >= 11 is 3.28. The molecule has 1 saturated heterocycles. The van der Waals surface area contributed by atoms with Gasteiger partial charge in [0.25, 0.3) is 0 Å². The maximum absolute atomic E-state index is 12.9. The van der Waals surface area contributed by atoms with E-state index in [1.165, 1.54) is 16.4 Å². The van der Waals surface area contributed by atoms with Crippen LogP contribution in [0.3, 0.4) is 0 Å². The van der Waals surface area contributed by atoms with Crippen LogP contribution in [0, 0.1) is 0 Å². The van der Waals surface area contributed by atoms with Gasteiger partial charge in [-0.05, 0) is 42.3 Å². The van der Waals surface area contributed by atoms with Gasteiger partial charge in [-0.3, -0.25) is 9.59 Å². The van der Waals surface area contributed by atoms with Crippen molar-refractivity contribution in [2.75, 3.05) is 26.2 Å². The van der Waals surface area contributed by atoms with Crippen molar-refractivity contribution in [3.8, 4) is 0 Å². The minimum atomic E-state index is -3.80. The molecule has 11 heteroatoms. The number of carbonyl (C=O) groups is 2. The molecule has 0 spiro atoms. The Hall–Kier alpha value is -2.73. The van der Waals surface area contributed by atoms with Crippen LogP contribution in [-0.4, -0.2) is 62.0 Å². The topological polar surface area (TPSA) is 121 Å². The van der Waals surface area contributed by atoms with Gasteiger partial charge in [-0.25, -0.2) is 8.42 Å². The standard InChI is InChI=1S/C22H23BrN4O5S/c23-16-5-7-17(8-6-16)33(30,31)27-11-12-32-20(27)14-26-22(29)21(28)24-10-9-15-13-25-19-4-2-1-3-18(15)19/h1-8,13,20,25H,9-12,14H2,(H,24,28)(H,26,29)/t20-/m0/s1. The molecule has 0 radical (unpaired) electrons. The molecular weight excluding hydrogens is 512 g/mol. The lowest BCUT2D eigenvalue weighted by Gasteiger charge is -2.22. The van der Waals surface area contributed by atoms with Gasteiger partial charge in [-0.1, -0.05) is 34.1 Å². The minimum absolute atomic E-state index is 0.127. The van der Waals surface area contributed by atoms with E-state index in [0.717, 1.165) is 20.9 Å². The van der Waals surface area contributed by atoms with Crippen LogP contribution in [0.15, 0.2) is 64.1 Å². The largest absolute Gasteiger partial charge is 0.361 e. The SMILES string of the molecule is O=C(NCCc1c[nH]c2ccccc12)C(=O)NC[C@@H]1OCCN1S(=O)(=O)c1ccc(Br)cc1. The monoisotopic (exact) mass is 534 g/mol. The maximum atomic E-state index is 12.9. The van der Waals surface area contributed by atoms with E-state index in [1.54, 1.807) is 12.1 Å². The zero-order chi connectivity index (χ0) is 23.4. The molecule has 1 aliphatic heterocycles. The van der Waals surface area contributed by atoms with Crippen LogP contribution >= 0.6 is 15.9 Å². The lowest BCUT2D eigenvalue weighted by Crippen LogP contribution is -2.47. The van der Waals surface area contributed by atoms with Crippen LogP contribution in [0.1, 0.15) is 5.56 Å². The normalized spacial score (nSPS) is 16.7. The highest BCUT2D eigenvalue weighted by Crippen LogP contribution is 2.23. The van der Waals surface area contributed by atoms with Gasteiger partial charge < -0.3 is 20.4 Å². The average Bonchev–Trinajstić information content (AvgIpc) is 3.45. The van der Waals surface area contributed by atoms with Crippen LogP contribution < -0.4 is 10.6 Å². The zero-order valence-electron chi connectivity index (χ0n) is 17.6. The van der Waals surface area contributed by atoms with Crippen molar-refractivity contribution >= 4 is 48.7 Å². The summed E-state index contributed by atoms with van der Waals surface area (Å²) < 4.78 is 33.3. The van der Waals surface area contributed by atoms with Gasteiger partial charge in [-0.15, -0.1) is 0 Å². The molecule has 1 atom stereocenters. The molecule has 2 heterocycles. The van der Waals surface area contributed by atoms with Crippen molar-refractivity contribution in [3.05, 3.63) is 64.8 Å². The summed E-state index contributed by atoms with van der Waals surface area (Å²) in [6.45, 7) is 0.519. The van der Waals surface area contributed by atoms with Crippen LogP contribution in [0.4, 0.5) is 0 Å². The van der Waals surface area contributed by atoms with Crippen molar-refractivity contribution in [3.63, 3.8) is 0 Å². The second kappa shape index (κ2) is 10.0. The van der Waals surface area contributed by atoms with Crippen LogP contribution in [0.2, 0.25) is 0 Å². The Morgan fingerprint density at radius 2 is 1.82 bits per heavy atom. The molecule has 0 bridgehead atoms. The number of nitrogens with zero attached hydrogens (tertiary/aromatic N) is 1. The van der Waals surface area contributed by atoms with Gasteiger partial charge in [-0.2, -0.15) is 4.31 Å².